The Morgan fingerprint density at radius 2 is 2.32 bits per heavy atom. The molecule has 2 aliphatic rings. The number of amides is 1. The van der Waals surface area contributed by atoms with Gasteiger partial charge in [0.25, 0.3) is 5.91 Å². The Hall–Kier alpha value is -0.580. The Bertz CT molecular complexity index is 497. The van der Waals surface area contributed by atoms with Gasteiger partial charge in [0.1, 0.15) is 0 Å². The van der Waals surface area contributed by atoms with Crippen LogP contribution in [0, 0.1) is 11.8 Å². The van der Waals surface area contributed by atoms with Gasteiger partial charge < -0.3 is 10.6 Å². The summed E-state index contributed by atoms with van der Waals surface area (Å²) in [7, 11) is 0. The van der Waals surface area contributed by atoms with Crippen LogP contribution in [0.25, 0.3) is 0 Å². The highest BCUT2D eigenvalue weighted by molar-refractivity contribution is 7.14. The maximum Gasteiger partial charge on any atom is 0.261 e. The molecule has 22 heavy (non-hydrogen) atoms. The summed E-state index contributed by atoms with van der Waals surface area (Å²) in [6.07, 6.45) is 7.24. The van der Waals surface area contributed by atoms with E-state index in [9.17, 15) is 4.79 Å². The maximum atomic E-state index is 12.3. The van der Waals surface area contributed by atoms with E-state index in [2.05, 4.69) is 23.6 Å². The molecule has 0 radical (unpaired) electrons. The first-order valence-corrected chi connectivity index (χ1v) is 9.14. The standard InChI is InChI=1S/C17H26N2OS.ClH/c1-12-4-5-15-14(9-12)10-16(21-15)17(20)19-8-6-13-3-2-7-18-11-13;/h10,12-13,18H,2-9,11H2,1H3,(H,19,20);1H. The minimum absolute atomic E-state index is 0. The normalized spacial score (nSPS) is 24.2. The molecule has 1 aromatic rings. The number of halogens is 1. The third-order valence-electron chi connectivity index (χ3n) is 4.79. The number of aryl methyl sites for hydroxylation is 1. The summed E-state index contributed by atoms with van der Waals surface area (Å²) in [6, 6.07) is 2.13. The summed E-state index contributed by atoms with van der Waals surface area (Å²) in [4.78, 5) is 14.6. The summed E-state index contributed by atoms with van der Waals surface area (Å²) in [5.41, 5.74) is 1.42. The van der Waals surface area contributed by atoms with Gasteiger partial charge >= 0.3 is 0 Å². The zero-order chi connectivity index (χ0) is 14.7. The molecule has 2 heterocycles. The van der Waals surface area contributed by atoms with Crippen LogP contribution in [0.4, 0.5) is 0 Å². The number of hydrogen-bond donors (Lipinski definition) is 2. The fourth-order valence-electron chi connectivity index (χ4n) is 3.47. The highest BCUT2D eigenvalue weighted by Gasteiger charge is 2.20. The van der Waals surface area contributed by atoms with Gasteiger partial charge in [0, 0.05) is 11.4 Å². The van der Waals surface area contributed by atoms with Crippen LogP contribution in [-0.2, 0) is 12.8 Å². The Balaban J connectivity index is 0.00000176. The molecule has 1 aromatic heterocycles. The average molecular weight is 343 g/mol. The van der Waals surface area contributed by atoms with E-state index in [-0.39, 0.29) is 18.3 Å². The molecule has 1 aliphatic carbocycles. The lowest BCUT2D eigenvalue weighted by molar-refractivity contribution is 0.0954. The third kappa shape index (κ3) is 4.46. The summed E-state index contributed by atoms with van der Waals surface area (Å²) in [5, 5.41) is 6.54. The molecule has 3 nitrogen and oxygen atoms in total. The number of nitrogens with one attached hydrogen (secondary N) is 2. The molecule has 0 spiro atoms. The van der Waals surface area contributed by atoms with E-state index in [1.807, 2.05) is 0 Å². The SMILES string of the molecule is CC1CCc2sc(C(=O)NCCC3CCCNC3)cc2C1.Cl. The Morgan fingerprint density at radius 3 is 3.09 bits per heavy atom. The second kappa shape index (κ2) is 8.32. The minimum Gasteiger partial charge on any atom is -0.351 e. The zero-order valence-electron chi connectivity index (χ0n) is 13.3. The van der Waals surface area contributed by atoms with Gasteiger partial charge in [-0.25, -0.2) is 0 Å². The summed E-state index contributed by atoms with van der Waals surface area (Å²) < 4.78 is 0. The predicted molar refractivity (Wildman–Crippen MR) is 95.3 cm³/mol. The lowest BCUT2D eigenvalue weighted by Crippen LogP contribution is -2.33. The molecule has 1 aliphatic heterocycles. The number of thiophene rings is 1. The van der Waals surface area contributed by atoms with E-state index in [1.165, 1.54) is 29.7 Å². The molecular weight excluding hydrogens is 316 g/mol. The van der Waals surface area contributed by atoms with Crippen molar-refractivity contribution in [3.05, 3.63) is 21.4 Å². The molecule has 1 amide bonds. The van der Waals surface area contributed by atoms with E-state index in [0.717, 1.165) is 55.6 Å². The smallest absolute Gasteiger partial charge is 0.261 e. The van der Waals surface area contributed by atoms with Gasteiger partial charge in [-0.05, 0) is 75.1 Å². The van der Waals surface area contributed by atoms with Crippen LogP contribution in [0.1, 0.15) is 52.7 Å². The van der Waals surface area contributed by atoms with Gasteiger partial charge in [0.15, 0.2) is 0 Å². The van der Waals surface area contributed by atoms with Crippen molar-refractivity contribution in [2.75, 3.05) is 19.6 Å². The number of carbonyl (C=O) groups is 1. The van der Waals surface area contributed by atoms with Crippen LogP contribution in [-0.4, -0.2) is 25.5 Å². The van der Waals surface area contributed by atoms with Crippen molar-refractivity contribution in [3.63, 3.8) is 0 Å². The molecular formula is C17H27ClN2OS. The van der Waals surface area contributed by atoms with Crippen molar-refractivity contribution in [2.24, 2.45) is 11.8 Å². The molecule has 3 rings (SSSR count). The van der Waals surface area contributed by atoms with Crippen LogP contribution < -0.4 is 10.6 Å². The van der Waals surface area contributed by atoms with Crippen molar-refractivity contribution in [2.45, 2.75) is 45.4 Å². The first-order valence-electron chi connectivity index (χ1n) is 8.33. The molecule has 5 heteroatoms. The molecule has 0 bridgehead atoms. The second-order valence-electron chi connectivity index (χ2n) is 6.66. The molecule has 1 saturated heterocycles. The zero-order valence-corrected chi connectivity index (χ0v) is 15.0. The highest BCUT2D eigenvalue weighted by atomic mass is 35.5. The largest absolute Gasteiger partial charge is 0.351 e. The fraction of sp³-hybridized carbons (Fsp3) is 0.706. The van der Waals surface area contributed by atoms with Crippen LogP contribution in [0.15, 0.2) is 6.07 Å². The van der Waals surface area contributed by atoms with Crippen molar-refractivity contribution >= 4 is 29.7 Å². The first-order chi connectivity index (χ1) is 10.2. The summed E-state index contributed by atoms with van der Waals surface area (Å²) in [6.45, 7) is 5.38. The van der Waals surface area contributed by atoms with Crippen LogP contribution in [0.5, 0.6) is 0 Å². The highest BCUT2D eigenvalue weighted by Crippen LogP contribution is 2.32. The fourth-order valence-corrected chi connectivity index (χ4v) is 4.59. The van der Waals surface area contributed by atoms with Gasteiger partial charge in [-0.2, -0.15) is 0 Å². The number of carbonyl (C=O) groups excluding carboxylic acids is 1. The van der Waals surface area contributed by atoms with E-state index < -0.39 is 0 Å². The van der Waals surface area contributed by atoms with Crippen molar-refractivity contribution < 1.29 is 4.79 Å². The molecule has 2 unspecified atom stereocenters. The number of hydrogen-bond acceptors (Lipinski definition) is 3. The van der Waals surface area contributed by atoms with Gasteiger partial charge in [0.2, 0.25) is 0 Å². The molecule has 2 N–H and O–H groups in total. The monoisotopic (exact) mass is 342 g/mol. The van der Waals surface area contributed by atoms with Crippen molar-refractivity contribution in [1.82, 2.24) is 10.6 Å². The molecule has 1 fully saturated rings. The number of piperidine rings is 1. The summed E-state index contributed by atoms with van der Waals surface area (Å²) >= 11 is 1.71. The first kappa shape index (κ1) is 17.8. The summed E-state index contributed by atoms with van der Waals surface area (Å²) in [5.74, 6) is 1.63. The van der Waals surface area contributed by atoms with Gasteiger partial charge in [0.05, 0.1) is 4.88 Å². The van der Waals surface area contributed by atoms with Crippen molar-refractivity contribution in [3.8, 4) is 0 Å². The minimum atomic E-state index is 0. The van der Waals surface area contributed by atoms with E-state index >= 15 is 0 Å². The quantitative estimate of drug-likeness (QED) is 0.880. The van der Waals surface area contributed by atoms with Crippen LogP contribution in [0.3, 0.4) is 0 Å². The van der Waals surface area contributed by atoms with Gasteiger partial charge in [-0.3, -0.25) is 4.79 Å². The van der Waals surface area contributed by atoms with E-state index in [0.29, 0.717) is 0 Å². The second-order valence-corrected chi connectivity index (χ2v) is 7.80. The van der Waals surface area contributed by atoms with Crippen LogP contribution in [0.2, 0.25) is 0 Å². The van der Waals surface area contributed by atoms with E-state index in [4.69, 9.17) is 0 Å². The topological polar surface area (TPSA) is 41.1 Å². The molecule has 124 valence electrons. The Labute approximate surface area is 143 Å². The van der Waals surface area contributed by atoms with Gasteiger partial charge in [-0.15, -0.1) is 23.7 Å². The molecule has 0 aromatic carbocycles. The third-order valence-corrected chi connectivity index (χ3v) is 6.03. The van der Waals surface area contributed by atoms with Crippen molar-refractivity contribution in [1.29, 1.82) is 0 Å². The average Bonchev–Trinajstić information content (AvgIpc) is 2.91. The molecule has 2 atom stereocenters. The van der Waals surface area contributed by atoms with Gasteiger partial charge in [-0.1, -0.05) is 6.92 Å². The lowest BCUT2D eigenvalue weighted by atomic mass is 9.90. The predicted octanol–water partition coefficient (Wildman–Crippen LogP) is 3.41. The lowest BCUT2D eigenvalue weighted by Gasteiger charge is -2.22. The Morgan fingerprint density at radius 1 is 1.45 bits per heavy atom. The van der Waals surface area contributed by atoms with Crippen LogP contribution >= 0.6 is 23.7 Å². The number of fused-ring (bicyclic) bond motifs is 1. The molecule has 0 saturated carbocycles. The maximum absolute atomic E-state index is 12.3. The number of rotatable bonds is 4. The Kier molecular flexibility index (Phi) is 6.72. The van der Waals surface area contributed by atoms with E-state index in [1.54, 1.807) is 11.3 Å².